The van der Waals surface area contributed by atoms with Gasteiger partial charge in [0, 0.05) is 5.56 Å². The molecular formula is C12H16F2N2O. The number of halogens is 2. The molecule has 0 bridgehead atoms. The van der Waals surface area contributed by atoms with E-state index < -0.39 is 24.9 Å². The highest BCUT2D eigenvalue weighted by atomic mass is 19.3. The molecule has 0 aliphatic carbocycles. The first kappa shape index (κ1) is 13.6. The van der Waals surface area contributed by atoms with Crippen LogP contribution in [-0.2, 0) is 0 Å². The molecule has 3 nitrogen and oxygen atoms in total. The molecule has 1 aromatic carbocycles. The molecule has 1 amide bonds. The van der Waals surface area contributed by atoms with Crippen LogP contribution in [0.15, 0.2) is 18.2 Å². The van der Waals surface area contributed by atoms with Crippen LogP contribution in [-0.4, -0.2) is 24.9 Å². The minimum Gasteiger partial charge on any atom is -0.346 e. The van der Waals surface area contributed by atoms with Gasteiger partial charge in [0.2, 0.25) is 0 Å². The Balaban J connectivity index is 2.68. The van der Waals surface area contributed by atoms with Gasteiger partial charge in [0.15, 0.2) is 0 Å². The summed E-state index contributed by atoms with van der Waals surface area (Å²) in [5.41, 5.74) is 7.25. The number of nitrogens with two attached hydrogens (primary N) is 1. The lowest BCUT2D eigenvalue weighted by Crippen LogP contribution is -2.41. The highest BCUT2D eigenvalue weighted by Crippen LogP contribution is 2.11. The standard InChI is InChI=1S/C12H16F2N2O/c1-8-3-4-10(5-9(8)2)11(17)16-7-12(13,14)6-15/h3-5H,6-7,15H2,1-2H3,(H,16,17). The Morgan fingerprint density at radius 3 is 2.53 bits per heavy atom. The molecule has 0 aliphatic heterocycles. The summed E-state index contributed by atoms with van der Waals surface area (Å²) in [5, 5.41) is 2.17. The van der Waals surface area contributed by atoms with Crippen LogP contribution >= 0.6 is 0 Å². The summed E-state index contributed by atoms with van der Waals surface area (Å²) in [6.07, 6.45) is 0. The molecule has 0 saturated carbocycles. The van der Waals surface area contributed by atoms with Crippen molar-refractivity contribution < 1.29 is 13.6 Å². The summed E-state index contributed by atoms with van der Waals surface area (Å²) in [4.78, 5) is 11.6. The molecule has 0 atom stereocenters. The van der Waals surface area contributed by atoms with Crippen LogP contribution < -0.4 is 11.1 Å². The number of hydrogen-bond acceptors (Lipinski definition) is 2. The number of carbonyl (C=O) groups is 1. The van der Waals surface area contributed by atoms with E-state index in [2.05, 4.69) is 5.32 Å². The van der Waals surface area contributed by atoms with E-state index >= 15 is 0 Å². The van der Waals surface area contributed by atoms with Crippen LogP contribution in [0.25, 0.3) is 0 Å². The molecular weight excluding hydrogens is 226 g/mol. The second kappa shape index (κ2) is 5.23. The fourth-order valence-electron chi connectivity index (χ4n) is 1.27. The number of amides is 1. The maximum absolute atomic E-state index is 12.8. The Morgan fingerprint density at radius 2 is 2.00 bits per heavy atom. The number of carbonyl (C=O) groups excluding carboxylic acids is 1. The lowest BCUT2D eigenvalue weighted by Gasteiger charge is -2.14. The summed E-state index contributed by atoms with van der Waals surface area (Å²) in [5.74, 6) is -3.57. The number of alkyl halides is 2. The molecule has 1 rings (SSSR count). The van der Waals surface area contributed by atoms with Gasteiger partial charge in [-0.2, -0.15) is 0 Å². The van der Waals surface area contributed by atoms with E-state index in [1.54, 1.807) is 18.2 Å². The molecule has 0 unspecified atom stereocenters. The Labute approximate surface area is 99.0 Å². The first-order valence-corrected chi connectivity index (χ1v) is 5.29. The summed E-state index contributed by atoms with van der Waals surface area (Å²) >= 11 is 0. The van der Waals surface area contributed by atoms with Gasteiger partial charge in [0.05, 0.1) is 13.1 Å². The molecule has 5 heteroatoms. The van der Waals surface area contributed by atoms with Crippen LogP contribution in [0, 0.1) is 13.8 Å². The van der Waals surface area contributed by atoms with Crippen LogP contribution in [0.1, 0.15) is 21.5 Å². The maximum Gasteiger partial charge on any atom is 0.277 e. The second-order valence-corrected chi connectivity index (χ2v) is 4.04. The van der Waals surface area contributed by atoms with Crippen molar-refractivity contribution in [1.29, 1.82) is 0 Å². The first-order valence-electron chi connectivity index (χ1n) is 5.29. The van der Waals surface area contributed by atoms with Crippen molar-refractivity contribution in [2.45, 2.75) is 19.8 Å². The highest BCUT2D eigenvalue weighted by molar-refractivity contribution is 5.94. The number of benzene rings is 1. The van der Waals surface area contributed by atoms with Crippen molar-refractivity contribution >= 4 is 5.91 Å². The molecule has 3 N–H and O–H groups in total. The van der Waals surface area contributed by atoms with Crippen LogP contribution in [0.4, 0.5) is 8.78 Å². The number of hydrogen-bond donors (Lipinski definition) is 2. The van der Waals surface area contributed by atoms with Crippen LogP contribution in [0.3, 0.4) is 0 Å². The lowest BCUT2D eigenvalue weighted by molar-refractivity contribution is 0.0118. The predicted octanol–water partition coefficient (Wildman–Crippen LogP) is 1.63. The van der Waals surface area contributed by atoms with Gasteiger partial charge in [0.25, 0.3) is 11.8 Å². The quantitative estimate of drug-likeness (QED) is 0.843. The lowest BCUT2D eigenvalue weighted by atomic mass is 10.1. The van der Waals surface area contributed by atoms with Gasteiger partial charge >= 0.3 is 0 Å². The molecule has 0 heterocycles. The van der Waals surface area contributed by atoms with Gasteiger partial charge < -0.3 is 11.1 Å². The summed E-state index contributed by atoms with van der Waals surface area (Å²) in [7, 11) is 0. The van der Waals surface area contributed by atoms with E-state index in [0.717, 1.165) is 11.1 Å². The Kier molecular flexibility index (Phi) is 4.17. The number of rotatable bonds is 4. The average Bonchev–Trinajstić information content (AvgIpc) is 2.30. The highest BCUT2D eigenvalue weighted by Gasteiger charge is 2.27. The predicted molar refractivity (Wildman–Crippen MR) is 62.3 cm³/mol. The molecule has 0 aliphatic rings. The van der Waals surface area contributed by atoms with Crippen molar-refractivity contribution in [3.05, 3.63) is 34.9 Å². The van der Waals surface area contributed by atoms with Crippen molar-refractivity contribution in [2.24, 2.45) is 5.73 Å². The monoisotopic (exact) mass is 242 g/mol. The third kappa shape index (κ3) is 3.78. The normalized spacial score (nSPS) is 11.4. The summed E-state index contributed by atoms with van der Waals surface area (Å²) < 4.78 is 25.7. The second-order valence-electron chi connectivity index (χ2n) is 4.04. The Bertz CT molecular complexity index is 419. The largest absolute Gasteiger partial charge is 0.346 e. The van der Waals surface area contributed by atoms with Gasteiger partial charge in [-0.15, -0.1) is 0 Å². The van der Waals surface area contributed by atoms with E-state index in [1.807, 2.05) is 13.8 Å². The zero-order valence-corrected chi connectivity index (χ0v) is 9.89. The van der Waals surface area contributed by atoms with E-state index in [9.17, 15) is 13.6 Å². The smallest absolute Gasteiger partial charge is 0.277 e. The minimum absolute atomic E-state index is 0.376. The Hall–Kier alpha value is -1.49. The van der Waals surface area contributed by atoms with Gasteiger partial charge in [-0.25, -0.2) is 8.78 Å². The molecule has 94 valence electrons. The summed E-state index contributed by atoms with van der Waals surface area (Å²) in [6.45, 7) is 2.26. The fourth-order valence-corrected chi connectivity index (χ4v) is 1.27. The molecule has 0 aromatic heterocycles. The average molecular weight is 242 g/mol. The molecule has 0 spiro atoms. The molecule has 1 aromatic rings. The first-order chi connectivity index (χ1) is 7.85. The number of aryl methyl sites for hydroxylation is 2. The maximum atomic E-state index is 12.8. The van der Waals surface area contributed by atoms with E-state index in [1.165, 1.54) is 0 Å². The third-order valence-corrected chi connectivity index (χ3v) is 2.58. The summed E-state index contributed by atoms with van der Waals surface area (Å²) in [6, 6.07) is 5.06. The van der Waals surface area contributed by atoms with E-state index in [0.29, 0.717) is 5.56 Å². The zero-order valence-electron chi connectivity index (χ0n) is 9.89. The van der Waals surface area contributed by atoms with Gasteiger partial charge in [-0.1, -0.05) is 6.07 Å². The minimum atomic E-state index is -3.06. The molecule has 0 saturated heterocycles. The van der Waals surface area contributed by atoms with Crippen molar-refractivity contribution in [1.82, 2.24) is 5.32 Å². The molecule has 0 radical (unpaired) electrons. The van der Waals surface area contributed by atoms with E-state index in [-0.39, 0.29) is 0 Å². The van der Waals surface area contributed by atoms with Gasteiger partial charge in [0.1, 0.15) is 0 Å². The molecule has 0 fully saturated rings. The van der Waals surface area contributed by atoms with E-state index in [4.69, 9.17) is 5.73 Å². The van der Waals surface area contributed by atoms with Crippen LogP contribution in [0.5, 0.6) is 0 Å². The van der Waals surface area contributed by atoms with Crippen molar-refractivity contribution in [3.63, 3.8) is 0 Å². The van der Waals surface area contributed by atoms with Gasteiger partial charge in [-0.3, -0.25) is 4.79 Å². The SMILES string of the molecule is Cc1ccc(C(=O)NCC(F)(F)CN)cc1C. The Morgan fingerprint density at radius 1 is 1.35 bits per heavy atom. The van der Waals surface area contributed by atoms with Gasteiger partial charge in [-0.05, 0) is 37.1 Å². The number of nitrogens with one attached hydrogen (secondary N) is 1. The van der Waals surface area contributed by atoms with Crippen molar-refractivity contribution in [3.8, 4) is 0 Å². The molecule has 17 heavy (non-hydrogen) atoms. The van der Waals surface area contributed by atoms with Crippen LogP contribution in [0.2, 0.25) is 0 Å². The fraction of sp³-hybridized carbons (Fsp3) is 0.417. The van der Waals surface area contributed by atoms with Crippen molar-refractivity contribution in [2.75, 3.05) is 13.1 Å². The topological polar surface area (TPSA) is 55.1 Å². The zero-order chi connectivity index (χ0) is 13.1. The third-order valence-electron chi connectivity index (χ3n) is 2.58.